The molecule has 6 heteroatoms. The van der Waals surface area contributed by atoms with E-state index < -0.39 is 10.0 Å². The number of unbranched alkanes of at least 4 members (excludes halogenated alkanes) is 2. The maximum absolute atomic E-state index is 11.6. The van der Waals surface area contributed by atoms with Gasteiger partial charge < -0.3 is 5.73 Å². The number of rotatable bonds is 7. The van der Waals surface area contributed by atoms with Crippen LogP contribution >= 0.6 is 11.8 Å². The highest BCUT2D eigenvalue weighted by atomic mass is 32.2. The molecule has 1 rings (SSSR count). The molecule has 0 spiro atoms. The topological polar surface area (TPSA) is 72.2 Å². The van der Waals surface area contributed by atoms with Crippen molar-refractivity contribution >= 4 is 27.5 Å². The van der Waals surface area contributed by atoms with Gasteiger partial charge in [-0.15, -0.1) is 11.8 Å². The monoisotopic (exact) mass is 288 g/mol. The van der Waals surface area contributed by atoms with E-state index in [0.717, 1.165) is 17.1 Å². The molecule has 0 fully saturated rings. The van der Waals surface area contributed by atoms with Crippen molar-refractivity contribution in [1.29, 1.82) is 0 Å². The highest BCUT2D eigenvalue weighted by Gasteiger charge is 2.12. The number of anilines is 1. The van der Waals surface area contributed by atoms with Gasteiger partial charge in [-0.05, 0) is 37.4 Å². The Labute approximate surface area is 113 Å². The molecule has 1 aromatic rings. The van der Waals surface area contributed by atoms with Gasteiger partial charge in [0.1, 0.15) is 0 Å². The minimum atomic E-state index is -3.41. The molecule has 0 amide bonds. The number of thioether (sulfide) groups is 1. The molecule has 1 aromatic carbocycles. The smallest absolute Gasteiger partial charge is 0.240 e. The Balaban J connectivity index is 2.74. The number of hydrogen-bond acceptors (Lipinski definition) is 4. The third kappa shape index (κ3) is 4.19. The van der Waals surface area contributed by atoms with Crippen molar-refractivity contribution in [3.8, 4) is 0 Å². The molecule has 0 aliphatic rings. The molecule has 0 bridgehead atoms. The highest BCUT2D eigenvalue weighted by Crippen LogP contribution is 2.28. The predicted molar refractivity (Wildman–Crippen MR) is 77.3 cm³/mol. The van der Waals surface area contributed by atoms with E-state index in [2.05, 4.69) is 11.6 Å². The number of nitrogens with one attached hydrogen (secondary N) is 1. The lowest BCUT2D eigenvalue weighted by Crippen LogP contribution is -2.18. The van der Waals surface area contributed by atoms with Crippen LogP contribution in [-0.2, 0) is 10.0 Å². The largest absolute Gasteiger partial charge is 0.398 e. The van der Waals surface area contributed by atoms with E-state index >= 15 is 0 Å². The Bertz CT molecular complexity index is 487. The summed E-state index contributed by atoms with van der Waals surface area (Å²) in [4.78, 5) is 1.15. The van der Waals surface area contributed by atoms with Crippen molar-refractivity contribution in [2.45, 2.75) is 36.0 Å². The van der Waals surface area contributed by atoms with Gasteiger partial charge >= 0.3 is 0 Å². The molecule has 102 valence electrons. The fourth-order valence-corrected chi connectivity index (χ4v) is 3.20. The summed E-state index contributed by atoms with van der Waals surface area (Å²) in [6, 6.07) is 4.87. The summed E-state index contributed by atoms with van der Waals surface area (Å²) >= 11 is 1.67. The van der Waals surface area contributed by atoms with E-state index in [1.54, 1.807) is 23.9 Å². The third-order valence-corrected chi connectivity index (χ3v) is 5.15. The van der Waals surface area contributed by atoms with E-state index in [1.165, 1.54) is 26.0 Å². The second-order valence-corrected chi connectivity index (χ2v) is 6.99. The third-order valence-electron chi connectivity index (χ3n) is 2.57. The molecule has 0 aromatic heterocycles. The van der Waals surface area contributed by atoms with E-state index in [1.807, 2.05) is 0 Å². The molecular formula is C12H20N2O2S2. The van der Waals surface area contributed by atoms with Crippen LogP contribution in [0.4, 0.5) is 5.69 Å². The fourth-order valence-electron chi connectivity index (χ4n) is 1.48. The van der Waals surface area contributed by atoms with Crippen molar-refractivity contribution in [1.82, 2.24) is 4.72 Å². The number of hydrogen-bond donors (Lipinski definition) is 2. The lowest BCUT2D eigenvalue weighted by Gasteiger charge is -2.08. The zero-order valence-electron chi connectivity index (χ0n) is 10.8. The van der Waals surface area contributed by atoms with Crippen LogP contribution in [0, 0.1) is 0 Å². The van der Waals surface area contributed by atoms with Gasteiger partial charge in [0, 0.05) is 10.6 Å². The summed E-state index contributed by atoms with van der Waals surface area (Å²) in [5.41, 5.74) is 6.40. The zero-order valence-corrected chi connectivity index (χ0v) is 12.4. The Kier molecular flexibility index (Phi) is 5.98. The lowest BCUT2D eigenvalue weighted by atomic mass is 10.3. The normalized spacial score (nSPS) is 11.7. The molecular weight excluding hydrogens is 268 g/mol. The van der Waals surface area contributed by atoms with Crippen molar-refractivity contribution in [2.75, 3.05) is 18.5 Å². The molecule has 0 atom stereocenters. The minimum Gasteiger partial charge on any atom is -0.398 e. The number of sulfonamides is 1. The fraction of sp³-hybridized carbons (Fsp3) is 0.500. The van der Waals surface area contributed by atoms with Crippen LogP contribution in [-0.4, -0.2) is 21.2 Å². The van der Waals surface area contributed by atoms with Gasteiger partial charge in [0.25, 0.3) is 0 Å². The van der Waals surface area contributed by atoms with Crippen LogP contribution in [0.2, 0.25) is 0 Å². The Morgan fingerprint density at radius 1 is 1.33 bits per heavy atom. The maximum Gasteiger partial charge on any atom is 0.240 e. The molecule has 0 aliphatic carbocycles. The first kappa shape index (κ1) is 15.3. The van der Waals surface area contributed by atoms with Gasteiger partial charge in [-0.1, -0.05) is 19.8 Å². The first-order chi connectivity index (χ1) is 8.51. The van der Waals surface area contributed by atoms with Gasteiger partial charge in [0.15, 0.2) is 0 Å². The molecule has 0 aliphatic heterocycles. The minimum absolute atomic E-state index is 0.209. The lowest BCUT2D eigenvalue weighted by molar-refractivity contribution is 0.588. The van der Waals surface area contributed by atoms with E-state index in [9.17, 15) is 8.42 Å². The molecule has 0 heterocycles. The van der Waals surface area contributed by atoms with Crippen molar-refractivity contribution in [3.63, 3.8) is 0 Å². The van der Waals surface area contributed by atoms with Crippen molar-refractivity contribution in [2.24, 2.45) is 0 Å². The van der Waals surface area contributed by atoms with Gasteiger partial charge in [0.2, 0.25) is 10.0 Å². The average molecular weight is 288 g/mol. The number of nitrogen functional groups attached to an aromatic ring is 1. The molecule has 18 heavy (non-hydrogen) atoms. The first-order valence-corrected chi connectivity index (χ1v) is 8.44. The quantitative estimate of drug-likeness (QED) is 0.459. The highest BCUT2D eigenvalue weighted by molar-refractivity contribution is 7.99. The van der Waals surface area contributed by atoms with Crippen LogP contribution in [0.1, 0.15) is 26.2 Å². The maximum atomic E-state index is 11.6. The van der Waals surface area contributed by atoms with Gasteiger partial charge in [0.05, 0.1) is 4.90 Å². The Hall–Kier alpha value is -0.720. The van der Waals surface area contributed by atoms with Crippen LogP contribution in [0.25, 0.3) is 0 Å². The SMILES string of the molecule is CCCCCSc1ccc(S(=O)(=O)NC)cc1N. The van der Waals surface area contributed by atoms with Crippen LogP contribution < -0.4 is 10.5 Å². The Morgan fingerprint density at radius 3 is 2.61 bits per heavy atom. The Morgan fingerprint density at radius 2 is 2.06 bits per heavy atom. The van der Waals surface area contributed by atoms with Crippen molar-refractivity contribution < 1.29 is 8.42 Å². The second-order valence-electron chi connectivity index (χ2n) is 3.96. The second kappa shape index (κ2) is 7.01. The predicted octanol–water partition coefficient (Wildman–Crippen LogP) is 2.46. The molecule has 3 N–H and O–H groups in total. The number of benzene rings is 1. The average Bonchev–Trinajstić information content (AvgIpc) is 2.36. The van der Waals surface area contributed by atoms with E-state index in [-0.39, 0.29) is 4.90 Å². The van der Waals surface area contributed by atoms with Crippen molar-refractivity contribution in [3.05, 3.63) is 18.2 Å². The first-order valence-electron chi connectivity index (χ1n) is 5.97. The zero-order chi connectivity index (χ0) is 13.6. The van der Waals surface area contributed by atoms with E-state index in [0.29, 0.717) is 5.69 Å². The summed E-state index contributed by atoms with van der Waals surface area (Å²) in [7, 11) is -2.02. The summed E-state index contributed by atoms with van der Waals surface area (Å²) in [5.74, 6) is 1.01. The molecule has 0 radical (unpaired) electrons. The van der Waals surface area contributed by atoms with E-state index in [4.69, 9.17) is 5.73 Å². The van der Waals surface area contributed by atoms with Crippen LogP contribution in [0.5, 0.6) is 0 Å². The molecule has 0 unspecified atom stereocenters. The number of nitrogens with two attached hydrogens (primary N) is 1. The molecule has 4 nitrogen and oxygen atoms in total. The summed E-state index contributed by atoms with van der Waals surface area (Å²) in [5, 5.41) is 0. The van der Waals surface area contributed by atoms with Gasteiger partial charge in [-0.25, -0.2) is 13.1 Å². The summed E-state index contributed by atoms with van der Waals surface area (Å²) in [6.45, 7) is 2.16. The van der Waals surface area contributed by atoms with Gasteiger partial charge in [-0.2, -0.15) is 0 Å². The molecule has 0 saturated heterocycles. The van der Waals surface area contributed by atoms with Crippen LogP contribution in [0.15, 0.2) is 28.0 Å². The van der Waals surface area contributed by atoms with Crippen LogP contribution in [0.3, 0.4) is 0 Å². The molecule has 0 saturated carbocycles. The standard InChI is InChI=1S/C12H20N2O2S2/c1-3-4-5-8-17-12-7-6-10(9-11(12)13)18(15,16)14-2/h6-7,9,14H,3-5,8,13H2,1-2H3. The summed E-state index contributed by atoms with van der Waals surface area (Å²) < 4.78 is 25.5. The van der Waals surface area contributed by atoms with Gasteiger partial charge in [-0.3, -0.25) is 0 Å². The summed E-state index contributed by atoms with van der Waals surface area (Å²) in [6.07, 6.45) is 3.55.